The lowest BCUT2D eigenvalue weighted by Gasteiger charge is -2.00. The first-order valence-electron chi connectivity index (χ1n) is 4.88. The summed E-state index contributed by atoms with van der Waals surface area (Å²) in [6.45, 7) is 2.09. The Labute approximate surface area is 83.2 Å². The molecule has 0 N–H and O–H groups in total. The second kappa shape index (κ2) is 2.47. The standard InChI is InChI=1S/C12H12N2/c1-8-11-7-9-5-3-4-6-10(9)12(11)14(2)13-8/h3-6H,7H2,1-2H3. The number of hydrogen-bond acceptors (Lipinski definition) is 1. The van der Waals surface area contributed by atoms with Gasteiger partial charge in [-0.05, 0) is 12.5 Å². The molecule has 1 aliphatic rings. The first-order valence-corrected chi connectivity index (χ1v) is 4.88. The molecule has 0 fully saturated rings. The van der Waals surface area contributed by atoms with E-state index in [0.717, 1.165) is 6.42 Å². The van der Waals surface area contributed by atoms with Crippen molar-refractivity contribution in [2.24, 2.45) is 7.05 Å². The van der Waals surface area contributed by atoms with Gasteiger partial charge in [0, 0.05) is 24.6 Å². The molecule has 1 aliphatic carbocycles. The Hall–Kier alpha value is -1.57. The van der Waals surface area contributed by atoms with Gasteiger partial charge in [-0.2, -0.15) is 5.10 Å². The van der Waals surface area contributed by atoms with Crippen LogP contribution in [0.5, 0.6) is 0 Å². The number of benzene rings is 1. The molecule has 2 nitrogen and oxygen atoms in total. The molecular formula is C12H12N2. The van der Waals surface area contributed by atoms with Crippen LogP contribution >= 0.6 is 0 Å². The van der Waals surface area contributed by atoms with E-state index in [9.17, 15) is 0 Å². The van der Waals surface area contributed by atoms with Gasteiger partial charge in [0.05, 0.1) is 11.4 Å². The topological polar surface area (TPSA) is 17.8 Å². The quantitative estimate of drug-likeness (QED) is 0.524. The van der Waals surface area contributed by atoms with E-state index >= 15 is 0 Å². The van der Waals surface area contributed by atoms with Crippen LogP contribution in [0.25, 0.3) is 11.3 Å². The summed E-state index contributed by atoms with van der Waals surface area (Å²) in [6, 6.07) is 8.58. The molecule has 0 amide bonds. The molecule has 2 aromatic rings. The molecule has 0 spiro atoms. The van der Waals surface area contributed by atoms with Gasteiger partial charge in [0.15, 0.2) is 0 Å². The van der Waals surface area contributed by atoms with Crippen LogP contribution in [-0.2, 0) is 13.5 Å². The number of aryl methyl sites for hydroxylation is 2. The molecule has 14 heavy (non-hydrogen) atoms. The molecule has 1 aromatic heterocycles. The Kier molecular flexibility index (Phi) is 1.38. The van der Waals surface area contributed by atoms with Gasteiger partial charge in [-0.1, -0.05) is 24.3 Å². The van der Waals surface area contributed by atoms with Gasteiger partial charge >= 0.3 is 0 Å². The van der Waals surface area contributed by atoms with Gasteiger partial charge in [-0.15, -0.1) is 0 Å². The van der Waals surface area contributed by atoms with E-state index in [1.54, 1.807) is 0 Å². The van der Waals surface area contributed by atoms with Crippen LogP contribution in [0.15, 0.2) is 24.3 Å². The fraction of sp³-hybridized carbons (Fsp3) is 0.250. The van der Waals surface area contributed by atoms with Crippen molar-refractivity contribution in [1.82, 2.24) is 9.78 Å². The maximum atomic E-state index is 4.45. The Morgan fingerprint density at radius 1 is 1.29 bits per heavy atom. The molecule has 0 unspecified atom stereocenters. The van der Waals surface area contributed by atoms with Gasteiger partial charge in [0.1, 0.15) is 0 Å². The van der Waals surface area contributed by atoms with Crippen molar-refractivity contribution in [2.75, 3.05) is 0 Å². The first kappa shape index (κ1) is 7.80. The predicted molar refractivity (Wildman–Crippen MR) is 56.2 cm³/mol. The summed E-state index contributed by atoms with van der Waals surface area (Å²) in [6.07, 6.45) is 1.05. The van der Waals surface area contributed by atoms with E-state index in [-0.39, 0.29) is 0 Å². The average Bonchev–Trinajstić information content (AvgIpc) is 2.66. The van der Waals surface area contributed by atoms with E-state index in [0.29, 0.717) is 0 Å². The van der Waals surface area contributed by atoms with Gasteiger partial charge in [-0.25, -0.2) is 0 Å². The van der Waals surface area contributed by atoms with Crippen LogP contribution in [0, 0.1) is 6.92 Å². The fourth-order valence-electron chi connectivity index (χ4n) is 2.35. The van der Waals surface area contributed by atoms with Crippen molar-refractivity contribution in [3.63, 3.8) is 0 Å². The van der Waals surface area contributed by atoms with Crippen molar-refractivity contribution in [3.05, 3.63) is 41.1 Å². The summed E-state index contributed by atoms with van der Waals surface area (Å²) in [7, 11) is 2.02. The van der Waals surface area contributed by atoms with Crippen LogP contribution in [0.2, 0.25) is 0 Å². The smallest absolute Gasteiger partial charge is 0.0720 e. The van der Waals surface area contributed by atoms with Gasteiger partial charge < -0.3 is 0 Å². The number of aromatic nitrogens is 2. The Bertz CT molecular complexity index is 509. The molecule has 0 radical (unpaired) electrons. The Morgan fingerprint density at radius 3 is 2.93 bits per heavy atom. The van der Waals surface area contributed by atoms with E-state index in [2.05, 4.69) is 36.3 Å². The van der Waals surface area contributed by atoms with E-state index < -0.39 is 0 Å². The summed E-state index contributed by atoms with van der Waals surface area (Å²) in [5, 5.41) is 4.45. The summed E-state index contributed by atoms with van der Waals surface area (Å²) in [5.74, 6) is 0. The van der Waals surface area contributed by atoms with Crippen molar-refractivity contribution >= 4 is 0 Å². The maximum Gasteiger partial charge on any atom is 0.0720 e. The Balaban J connectivity index is 2.35. The zero-order valence-corrected chi connectivity index (χ0v) is 8.41. The lowest BCUT2D eigenvalue weighted by molar-refractivity contribution is 0.764. The third kappa shape index (κ3) is 0.830. The first-order chi connectivity index (χ1) is 6.77. The van der Waals surface area contributed by atoms with Crippen LogP contribution in [-0.4, -0.2) is 9.78 Å². The van der Waals surface area contributed by atoms with Crippen molar-refractivity contribution in [3.8, 4) is 11.3 Å². The van der Waals surface area contributed by atoms with Gasteiger partial charge in [0.25, 0.3) is 0 Å². The number of nitrogens with zero attached hydrogens (tertiary/aromatic N) is 2. The maximum absolute atomic E-state index is 4.45. The van der Waals surface area contributed by atoms with Gasteiger partial charge in [-0.3, -0.25) is 4.68 Å². The molecule has 2 heteroatoms. The average molecular weight is 184 g/mol. The molecule has 3 rings (SSSR count). The summed E-state index contributed by atoms with van der Waals surface area (Å²) >= 11 is 0. The second-order valence-corrected chi connectivity index (χ2v) is 3.87. The van der Waals surface area contributed by atoms with Gasteiger partial charge in [0.2, 0.25) is 0 Å². The summed E-state index contributed by atoms with van der Waals surface area (Å²) < 4.78 is 2.00. The lowest BCUT2D eigenvalue weighted by atomic mass is 10.1. The summed E-state index contributed by atoms with van der Waals surface area (Å²) in [4.78, 5) is 0. The monoisotopic (exact) mass is 184 g/mol. The zero-order chi connectivity index (χ0) is 9.71. The largest absolute Gasteiger partial charge is 0.267 e. The number of rotatable bonds is 0. The minimum Gasteiger partial charge on any atom is -0.267 e. The van der Waals surface area contributed by atoms with E-state index in [1.165, 1.54) is 28.1 Å². The minimum atomic E-state index is 1.05. The molecule has 1 heterocycles. The van der Waals surface area contributed by atoms with Crippen LogP contribution < -0.4 is 0 Å². The third-order valence-corrected chi connectivity index (χ3v) is 2.99. The van der Waals surface area contributed by atoms with E-state index in [1.807, 2.05) is 11.7 Å². The number of fused-ring (bicyclic) bond motifs is 3. The van der Waals surface area contributed by atoms with Crippen LogP contribution in [0.3, 0.4) is 0 Å². The van der Waals surface area contributed by atoms with Crippen molar-refractivity contribution in [1.29, 1.82) is 0 Å². The highest BCUT2D eigenvalue weighted by Crippen LogP contribution is 2.37. The highest BCUT2D eigenvalue weighted by Gasteiger charge is 2.23. The lowest BCUT2D eigenvalue weighted by Crippen LogP contribution is -1.93. The molecule has 1 aromatic carbocycles. The highest BCUT2D eigenvalue weighted by atomic mass is 15.3. The zero-order valence-electron chi connectivity index (χ0n) is 8.41. The number of hydrogen-bond donors (Lipinski definition) is 0. The molecule has 0 aliphatic heterocycles. The molecule has 0 saturated heterocycles. The molecule has 0 atom stereocenters. The van der Waals surface area contributed by atoms with Crippen molar-refractivity contribution in [2.45, 2.75) is 13.3 Å². The predicted octanol–water partition coefficient (Wildman–Crippen LogP) is 2.30. The molecule has 70 valence electrons. The molecule has 0 saturated carbocycles. The SMILES string of the molecule is Cc1nn(C)c2c1Cc1ccccc1-2. The third-order valence-electron chi connectivity index (χ3n) is 2.99. The normalized spacial score (nSPS) is 12.7. The Morgan fingerprint density at radius 2 is 2.07 bits per heavy atom. The molecule has 0 bridgehead atoms. The van der Waals surface area contributed by atoms with E-state index in [4.69, 9.17) is 0 Å². The highest BCUT2D eigenvalue weighted by molar-refractivity contribution is 5.74. The van der Waals surface area contributed by atoms with Crippen LogP contribution in [0.4, 0.5) is 0 Å². The summed E-state index contributed by atoms with van der Waals surface area (Å²) in [5.41, 5.74) is 6.65. The van der Waals surface area contributed by atoms with Crippen LogP contribution in [0.1, 0.15) is 16.8 Å². The fourth-order valence-corrected chi connectivity index (χ4v) is 2.35. The molecular weight excluding hydrogens is 172 g/mol. The second-order valence-electron chi connectivity index (χ2n) is 3.87. The minimum absolute atomic E-state index is 1.05. The van der Waals surface area contributed by atoms with Crippen molar-refractivity contribution < 1.29 is 0 Å².